The SMILES string of the molecule is CCc1cc(C(=O)N2CCC(=O)N(Cc3ccc(F)cc3)[C@@H](C(C)C)C2)no1. The van der Waals surface area contributed by atoms with E-state index in [1.54, 1.807) is 23.1 Å². The second kappa shape index (κ2) is 8.54. The van der Waals surface area contributed by atoms with Crippen LogP contribution in [0, 0.1) is 11.7 Å². The molecule has 1 atom stereocenters. The van der Waals surface area contributed by atoms with Gasteiger partial charge in [-0.05, 0) is 23.6 Å². The molecule has 1 fully saturated rings. The monoisotopic (exact) mass is 387 g/mol. The van der Waals surface area contributed by atoms with Gasteiger partial charge in [-0.25, -0.2) is 4.39 Å². The summed E-state index contributed by atoms with van der Waals surface area (Å²) in [5, 5.41) is 3.88. The molecule has 0 spiro atoms. The third kappa shape index (κ3) is 4.40. The number of aryl methyl sites for hydroxylation is 1. The lowest BCUT2D eigenvalue weighted by Crippen LogP contribution is -2.47. The van der Waals surface area contributed by atoms with Crippen molar-refractivity contribution in [3.05, 3.63) is 53.2 Å². The van der Waals surface area contributed by atoms with Gasteiger partial charge in [-0.3, -0.25) is 9.59 Å². The van der Waals surface area contributed by atoms with Crippen LogP contribution in [0.5, 0.6) is 0 Å². The summed E-state index contributed by atoms with van der Waals surface area (Å²) in [6.07, 6.45) is 0.910. The van der Waals surface area contributed by atoms with Gasteiger partial charge in [-0.1, -0.05) is 38.1 Å². The zero-order valence-electron chi connectivity index (χ0n) is 16.5. The van der Waals surface area contributed by atoms with E-state index in [4.69, 9.17) is 4.52 Å². The van der Waals surface area contributed by atoms with E-state index in [2.05, 4.69) is 5.16 Å². The molecule has 1 aromatic heterocycles. The molecule has 28 heavy (non-hydrogen) atoms. The van der Waals surface area contributed by atoms with Crippen molar-refractivity contribution >= 4 is 11.8 Å². The highest BCUT2D eigenvalue weighted by molar-refractivity contribution is 5.93. The minimum Gasteiger partial charge on any atom is -0.361 e. The molecular weight excluding hydrogens is 361 g/mol. The first-order valence-electron chi connectivity index (χ1n) is 9.67. The molecule has 150 valence electrons. The highest BCUT2D eigenvalue weighted by Crippen LogP contribution is 2.22. The summed E-state index contributed by atoms with van der Waals surface area (Å²) in [5.74, 6) is 0.286. The molecule has 1 aliphatic rings. The molecule has 3 rings (SSSR count). The number of aromatic nitrogens is 1. The first kappa shape index (κ1) is 20.0. The maximum absolute atomic E-state index is 13.2. The van der Waals surface area contributed by atoms with Gasteiger partial charge in [-0.2, -0.15) is 0 Å². The van der Waals surface area contributed by atoms with E-state index >= 15 is 0 Å². The Morgan fingerprint density at radius 1 is 1.32 bits per heavy atom. The standard InChI is InChI=1S/C21H26FN3O3/c1-4-17-11-18(23-28-17)21(27)24-10-9-20(26)25(19(13-24)14(2)3)12-15-5-7-16(22)8-6-15/h5-8,11,14,19H,4,9-10,12-13H2,1-3H3/t19-/m1/s1. The van der Waals surface area contributed by atoms with E-state index < -0.39 is 0 Å². The lowest BCUT2D eigenvalue weighted by molar-refractivity contribution is -0.134. The summed E-state index contributed by atoms with van der Waals surface area (Å²) in [6.45, 7) is 7.17. The zero-order chi connectivity index (χ0) is 20.3. The van der Waals surface area contributed by atoms with Crippen molar-refractivity contribution in [2.24, 2.45) is 5.92 Å². The first-order valence-corrected chi connectivity index (χ1v) is 9.67. The third-order valence-corrected chi connectivity index (χ3v) is 5.17. The molecule has 7 heteroatoms. The van der Waals surface area contributed by atoms with Crippen LogP contribution in [0.4, 0.5) is 4.39 Å². The number of amides is 2. The van der Waals surface area contributed by atoms with Gasteiger partial charge in [0, 0.05) is 38.5 Å². The number of hydrogen-bond acceptors (Lipinski definition) is 4. The number of nitrogens with zero attached hydrogens (tertiary/aromatic N) is 3. The number of hydrogen-bond donors (Lipinski definition) is 0. The molecule has 0 saturated carbocycles. The van der Waals surface area contributed by atoms with Crippen molar-refractivity contribution in [3.63, 3.8) is 0 Å². The van der Waals surface area contributed by atoms with Crippen LogP contribution in [0.2, 0.25) is 0 Å². The Kier molecular flexibility index (Phi) is 6.11. The van der Waals surface area contributed by atoms with Gasteiger partial charge in [0.05, 0.1) is 6.04 Å². The topological polar surface area (TPSA) is 66.7 Å². The summed E-state index contributed by atoms with van der Waals surface area (Å²) in [5.41, 5.74) is 1.14. The number of benzene rings is 1. The molecule has 1 saturated heterocycles. The molecule has 6 nitrogen and oxygen atoms in total. The fraction of sp³-hybridized carbons (Fsp3) is 0.476. The highest BCUT2D eigenvalue weighted by atomic mass is 19.1. The molecular formula is C21H26FN3O3. The van der Waals surface area contributed by atoms with Crippen LogP contribution in [0.15, 0.2) is 34.9 Å². The van der Waals surface area contributed by atoms with Crippen LogP contribution in [0.3, 0.4) is 0 Å². The molecule has 1 aliphatic heterocycles. The minimum atomic E-state index is -0.304. The van der Waals surface area contributed by atoms with Crippen LogP contribution >= 0.6 is 0 Å². The van der Waals surface area contributed by atoms with Crippen LogP contribution in [-0.4, -0.2) is 45.9 Å². The molecule has 0 radical (unpaired) electrons. The molecule has 1 aromatic carbocycles. The lowest BCUT2D eigenvalue weighted by atomic mass is 10.0. The van der Waals surface area contributed by atoms with Crippen LogP contribution in [-0.2, 0) is 17.8 Å². The number of halogens is 1. The smallest absolute Gasteiger partial charge is 0.276 e. The first-order chi connectivity index (χ1) is 13.4. The lowest BCUT2D eigenvalue weighted by Gasteiger charge is -2.34. The van der Waals surface area contributed by atoms with E-state index in [1.165, 1.54) is 12.1 Å². The van der Waals surface area contributed by atoms with Gasteiger partial charge in [0.1, 0.15) is 11.6 Å². The summed E-state index contributed by atoms with van der Waals surface area (Å²) in [7, 11) is 0. The summed E-state index contributed by atoms with van der Waals surface area (Å²) < 4.78 is 18.4. The molecule has 0 aliphatic carbocycles. The van der Waals surface area contributed by atoms with Crippen LogP contribution in [0.1, 0.15) is 49.0 Å². The van der Waals surface area contributed by atoms with Crippen molar-refractivity contribution in [3.8, 4) is 0 Å². The van der Waals surface area contributed by atoms with Crippen LogP contribution in [0.25, 0.3) is 0 Å². The fourth-order valence-corrected chi connectivity index (χ4v) is 3.46. The van der Waals surface area contributed by atoms with Crippen molar-refractivity contribution in [1.82, 2.24) is 15.0 Å². The zero-order valence-corrected chi connectivity index (χ0v) is 16.5. The molecule has 2 amide bonds. The molecule has 2 aromatic rings. The minimum absolute atomic E-state index is 0.00674. The van der Waals surface area contributed by atoms with Gasteiger partial charge in [0.15, 0.2) is 5.69 Å². The Morgan fingerprint density at radius 3 is 2.64 bits per heavy atom. The van der Waals surface area contributed by atoms with E-state index in [0.717, 1.165) is 5.56 Å². The Balaban J connectivity index is 1.80. The number of rotatable bonds is 5. The van der Waals surface area contributed by atoms with Gasteiger partial charge >= 0.3 is 0 Å². The normalized spacial score (nSPS) is 17.9. The molecule has 2 heterocycles. The van der Waals surface area contributed by atoms with Gasteiger partial charge in [0.2, 0.25) is 5.91 Å². The van der Waals surface area contributed by atoms with Gasteiger partial charge in [0.25, 0.3) is 5.91 Å². The van der Waals surface area contributed by atoms with Crippen molar-refractivity contribution in [2.75, 3.05) is 13.1 Å². The van der Waals surface area contributed by atoms with Crippen molar-refractivity contribution < 1.29 is 18.5 Å². The quantitative estimate of drug-likeness (QED) is 0.790. The number of carbonyl (C=O) groups is 2. The predicted molar refractivity (Wildman–Crippen MR) is 102 cm³/mol. The van der Waals surface area contributed by atoms with Crippen molar-refractivity contribution in [2.45, 2.75) is 46.2 Å². The van der Waals surface area contributed by atoms with Gasteiger partial charge in [-0.15, -0.1) is 0 Å². The molecule has 0 N–H and O–H groups in total. The predicted octanol–water partition coefficient (Wildman–Crippen LogP) is 3.28. The fourth-order valence-electron chi connectivity index (χ4n) is 3.46. The Morgan fingerprint density at radius 2 is 2.04 bits per heavy atom. The largest absolute Gasteiger partial charge is 0.361 e. The second-order valence-corrected chi connectivity index (χ2v) is 7.49. The average Bonchev–Trinajstić information content (AvgIpc) is 3.10. The van der Waals surface area contributed by atoms with E-state index in [0.29, 0.717) is 31.8 Å². The second-order valence-electron chi connectivity index (χ2n) is 7.49. The molecule has 0 unspecified atom stereocenters. The van der Waals surface area contributed by atoms with Gasteiger partial charge < -0.3 is 14.3 Å². The van der Waals surface area contributed by atoms with E-state index in [-0.39, 0.29) is 41.7 Å². The molecule has 0 bridgehead atoms. The Labute approximate surface area is 164 Å². The summed E-state index contributed by atoms with van der Waals surface area (Å²) >= 11 is 0. The average molecular weight is 387 g/mol. The summed E-state index contributed by atoms with van der Waals surface area (Å²) in [6, 6.07) is 7.70. The maximum atomic E-state index is 13.2. The summed E-state index contributed by atoms with van der Waals surface area (Å²) in [4.78, 5) is 29.2. The van der Waals surface area contributed by atoms with Crippen molar-refractivity contribution in [1.29, 1.82) is 0 Å². The number of carbonyl (C=O) groups excluding carboxylic acids is 2. The van der Waals surface area contributed by atoms with E-state index in [9.17, 15) is 14.0 Å². The van der Waals surface area contributed by atoms with Crippen LogP contribution < -0.4 is 0 Å². The third-order valence-electron chi connectivity index (χ3n) is 5.17. The highest BCUT2D eigenvalue weighted by Gasteiger charge is 2.34. The van der Waals surface area contributed by atoms with E-state index in [1.807, 2.05) is 25.7 Å². The Bertz CT molecular complexity index is 832. The maximum Gasteiger partial charge on any atom is 0.276 e. The Hall–Kier alpha value is -2.70.